The molecule has 0 amide bonds. The molecule has 2 aliphatic rings. The molecule has 0 unspecified atom stereocenters. The van der Waals surface area contributed by atoms with E-state index in [2.05, 4.69) is 94.7 Å². The summed E-state index contributed by atoms with van der Waals surface area (Å²) in [6.07, 6.45) is 2.12. The van der Waals surface area contributed by atoms with Gasteiger partial charge in [0.2, 0.25) is 0 Å². The highest BCUT2D eigenvalue weighted by atomic mass is 16.5. The summed E-state index contributed by atoms with van der Waals surface area (Å²) in [4.78, 5) is 15.3. The second kappa shape index (κ2) is 15.9. The molecule has 0 bridgehead atoms. The van der Waals surface area contributed by atoms with Gasteiger partial charge in [0.25, 0.3) is 0 Å². The van der Waals surface area contributed by atoms with Crippen molar-refractivity contribution in [1.29, 1.82) is 0 Å². The first-order valence-electron chi connectivity index (χ1n) is 16.4. The van der Waals surface area contributed by atoms with Gasteiger partial charge in [0.1, 0.15) is 31.3 Å². The minimum atomic E-state index is -0.922. The smallest absolute Gasteiger partial charge is 0.329 e. The Bertz CT molecular complexity index is 1520. The average molecular weight is 621 g/mol. The first-order chi connectivity index (χ1) is 22.6. The number of aryl methyl sites for hydroxylation is 1. The van der Waals surface area contributed by atoms with Crippen molar-refractivity contribution in [3.63, 3.8) is 0 Å². The predicted molar refractivity (Wildman–Crippen MR) is 180 cm³/mol. The number of fused-ring (bicyclic) bond motifs is 1. The third kappa shape index (κ3) is 8.55. The average Bonchev–Trinajstić information content (AvgIpc) is 3.10. The Morgan fingerprint density at radius 2 is 1.37 bits per heavy atom. The molecule has 4 aromatic carbocycles. The van der Waals surface area contributed by atoms with Crippen molar-refractivity contribution in [2.45, 2.75) is 31.3 Å². The van der Waals surface area contributed by atoms with Crippen molar-refractivity contribution < 1.29 is 24.1 Å². The Morgan fingerprint density at radius 1 is 0.717 bits per heavy atom. The third-order valence-corrected chi connectivity index (χ3v) is 9.21. The number of carboxylic acids is 1. The van der Waals surface area contributed by atoms with Crippen LogP contribution in [0.3, 0.4) is 0 Å². The van der Waals surface area contributed by atoms with Crippen LogP contribution in [-0.4, -0.2) is 80.0 Å². The van der Waals surface area contributed by atoms with E-state index < -0.39 is 5.97 Å². The molecule has 4 aromatic rings. The minimum Gasteiger partial charge on any atom is -0.492 e. The highest BCUT2D eigenvalue weighted by Crippen LogP contribution is 2.47. The maximum atomic E-state index is 10.6. The maximum Gasteiger partial charge on any atom is 0.329 e. The zero-order valence-electron chi connectivity index (χ0n) is 26.4. The van der Waals surface area contributed by atoms with E-state index in [0.29, 0.717) is 25.7 Å². The SMILES string of the molecule is O=C(O)COCCN1CCN(CCOc2ccc([C@@H]3c4ccc(OCc5ccccc5)cc4CC[C@@H]3c3ccccc3)cc2)CC1. The van der Waals surface area contributed by atoms with Crippen molar-refractivity contribution in [1.82, 2.24) is 9.80 Å². The zero-order valence-corrected chi connectivity index (χ0v) is 26.4. The fourth-order valence-electron chi connectivity index (χ4n) is 6.75. The van der Waals surface area contributed by atoms with Crippen molar-refractivity contribution in [2.24, 2.45) is 0 Å². The topological polar surface area (TPSA) is 71.5 Å². The van der Waals surface area contributed by atoms with Gasteiger partial charge in [0.05, 0.1) is 6.61 Å². The summed E-state index contributed by atoms with van der Waals surface area (Å²) < 4.78 is 17.6. The van der Waals surface area contributed by atoms with Crippen molar-refractivity contribution in [2.75, 3.05) is 59.1 Å². The fraction of sp³-hybridized carbons (Fsp3) is 0.359. The molecule has 1 fully saturated rings. The lowest BCUT2D eigenvalue weighted by molar-refractivity contribution is -0.142. The van der Waals surface area contributed by atoms with Gasteiger partial charge in [-0.25, -0.2) is 4.79 Å². The van der Waals surface area contributed by atoms with Gasteiger partial charge in [-0.15, -0.1) is 0 Å². The first-order valence-corrected chi connectivity index (χ1v) is 16.4. The van der Waals surface area contributed by atoms with Crippen LogP contribution in [0.15, 0.2) is 103 Å². The summed E-state index contributed by atoms with van der Waals surface area (Å²) in [5.74, 6) is 1.56. The molecule has 46 heavy (non-hydrogen) atoms. The van der Waals surface area contributed by atoms with E-state index in [0.717, 1.165) is 63.6 Å². The van der Waals surface area contributed by atoms with Crippen LogP contribution in [0, 0.1) is 0 Å². The normalized spacial score (nSPS) is 18.5. The molecular formula is C39H44N2O5. The van der Waals surface area contributed by atoms with Gasteiger partial charge in [0, 0.05) is 45.2 Å². The molecule has 1 aliphatic heterocycles. The standard InChI is InChI=1S/C39H44N2O5/c42-38(43)29-44-25-23-40-19-21-41(22-20-40)24-26-45-34-14-11-32(12-15-34)39-36(31-9-5-2-6-10-31)17-13-33-27-35(16-18-37(33)39)46-28-30-7-3-1-4-8-30/h1-12,14-16,18,27,36,39H,13,17,19-26,28-29H2,(H,42,43)/t36-,39+/m1/s1. The lowest BCUT2D eigenvalue weighted by Crippen LogP contribution is -2.48. The molecule has 240 valence electrons. The quantitative estimate of drug-likeness (QED) is 0.168. The number of aliphatic carboxylic acids is 1. The Balaban J connectivity index is 1.06. The van der Waals surface area contributed by atoms with Crippen LogP contribution in [-0.2, 0) is 22.6 Å². The van der Waals surface area contributed by atoms with E-state index in [1.165, 1.54) is 27.8 Å². The molecule has 1 N–H and O–H groups in total. The molecule has 7 heteroatoms. The molecule has 1 heterocycles. The van der Waals surface area contributed by atoms with E-state index in [1.54, 1.807) is 0 Å². The number of hydrogen-bond donors (Lipinski definition) is 1. The predicted octanol–water partition coefficient (Wildman–Crippen LogP) is 6.23. The Hall–Kier alpha value is -4.17. The third-order valence-electron chi connectivity index (χ3n) is 9.21. The number of ether oxygens (including phenoxy) is 3. The van der Waals surface area contributed by atoms with Crippen molar-refractivity contribution in [3.8, 4) is 11.5 Å². The van der Waals surface area contributed by atoms with Gasteiger partial charge in [-0.1, -0.05) is 78.9 Å². The van der Waals surface area contributed by atoms with Crippen LogP contribution < -0.4 is 9.47 Å². The maximum absolute atomic E-state index is 10.6. The summed E-state index contributed by atoms with van der Waals surface area (Å²) in [5, 5.41) is 8.70. The van der Waals surface area contributed by atoms with Crippen LogP contribution in [0.1, 0.15) is 46.1 Å². The lowest BCUT2D eigenvalue weighted by atomic mass is 9.69. The summed E-state index contributed by atoms with van der Waals surface area (Å²) >= 11 is 0. The highest BCUT2D eigenvalue weighted by Gasteiger charge is 2.32. The van der Waals surface area contributed by atoms with Gasteiger partial charge < -0.3 is 19.3 Å². The van der Waals surface area contributed by atoms with Crippen LogP contribution in [0.25, 0.3) is 0 Å². The van der Waals surface area contributed by atoms with Gasteiger partial charge in [-0.05, 0) is 70.8 Å². The fourth-order valence-corrected chi connectivity index (χ4v) is 6.75. The highest BCUT2D eigenvalue weighted by molar-refractivity contribution is 5.68. The molecule has 6 rings (SSSR count). The summed E-state index contributed by atoms with van der Waals surface area (Å²) in [5.41, 5.74) is 6.62. The molecule has 0 saturated carbocycles. The largest absolute Gasteiger partial charge is 0.492 e. The molecule has 1 saturated heterocycles. The summed E-state index contributed by atoms with van der Waals surface area (Å²) in [6.45, 7) is 6.94. The first kappa shape index (κ1) is 31.8. The van der Waals surface area contributed by atoms with Gasteiger partial charge >= 0.3 is 5.97 Å². The molecule has 0 radical (unpaired) electrons. The van der Waals surface area contributed by atoms with Gasteiger partial charge in [-0.2, -0.15) is 0 Å². The lowest BCUT2D eigenvalue weighted by Gasteiger charge is -2.35. The zero-order chi connectivity index (χ0) is 31.6. The summed E-state index contributed by atoms with van der Waals surface area (Å²) in [6, 6.07) is 36.6. The minimum absolute atomic E-state index is 0.230. The van der Waals surface area contributed by atoms with Crippen LogP contribution >= 0.6 is 0 Å². The van der Waals surface area contributed by atoms with E-state index in [4.69, 9.17) is 19.3 Å². The van der Waals surface area contributed by atoms with Gasteiger partial charge in [0.15, 0.2) is 0 Å². The van der Waals surface area contributed by atoms with Crippen LogP contribution in [0.4, 0.5) is 0 Å². The van der Waals surface area contributed by atoms with E-state index in [9.17, 15) is 4.79 Å². The Labute approximate surface area is 272 Å². The number of carbonyl (C=O) groups is 1. The number of rotatable bonds is 14. The molecular weight excluding hydrogens is 576 g/mol. The molecule has 0 aromatic heterocycles. The number of piperazine rings is 1. The molecule has 0 spiro atoms. The van der Waals surface area contributed by atoms with E-state index >= 15 is 0 Å². The second-order valence-electron chi connectivity index (χ2n) is 12.2. The molecule has 1 aliphatic carbocycles. The van der Waals surface area contributed by atoms with Crippen molar-refractivity contribution >= 4 is 5.97 Å². The summed E-state index contributed by atoms with van der Waals surface area (Å²) in [7, 11) is 0. The number of nitrogens with zero attached hydrogens (tertiary/aromatic N) is 2. The number of carboxylic acid groups (broad SMARTS) is 1. The number of hydrogen-bond acceptors (Lipinski definition) is 6. The van der Waals surface area contributed by atoms with Crippen molar-refractivity contribution in [3.05, 3.63) is 131 Å². The number of benzene rings is 4. The van der Waals surface area contributed by atoms with Crippen LogP contribution in [0.5, 0.6) is 11.5 Å². The van der Waals surface area contributed by atoms with Gasteiger partial charge in [-0.3, -0.25) is 9.80 Å². The monoisotopic (exact) mass is 620 g/mol. The molecule has 2 atom stereocenters. The van der Waals surface area contributed by atoms with E-state index in [-0.39, 0.29) is 12.5 Å². The van der Waals surface area contributed by atoms with Crippen LogP contribution in [0.2, 0.25) is 0 Å². The van der Waals surface area contributed by atoms with E-state index in [1.807, 2.05) is 18.2 Å². The second-order valence-corrected chi connectivity index (χ2v) is 12.2. The molecule has 7 nitrogen and oxygen atoms in total. The Kier molecular flexibility index (Phi) is 11.0. The Morgan fingerprint density at radius 3 is 2.07 bits per heavy atom.